The standard InChI is InChI=1S/C22H43N5O2.HI/c1-9-23-20(25-19-11-14-27(15-12-19)16-17(2)3)24-13-10-18(4)26(8)21(28)29-22(5,6)7;/h18-19H,2,9-16H2,1,3-8H3,(H2,23,24,25);1H. The van der Waals surface area contributed by atoms with E-state index >= 15 is 0 Å². The van der Waals surface area contributed by atoms with Crippen LogP contribution in [0.15, 0.2) is 17.1 Å². The Morgan fingerprint density at radius 1 is 1.33 bits per heavy atom. The van der Waals surface area contributed by atoms with Crippen LogP contribution < -0.4 is 10.6 Å². The Bertz CT molecular complexity index is 554. The number of hydrogen-bond acceptors (Lipinski definition) is 4. The van der Waals surface area contributed by atoms with Gasteiger partial charge in [-0.1, -0.05) is 12.2 Å². The Hall–Kier alpha value is -1.03. The van der Waals surface area contributed by atoms with Crippen LogP contribution in [0.1, 0.15) is 60.8 Å². The van der Waals surface area contributed by atoms with E-state index in [1.54, 1.807) is 11.9 Å². The van der Waals surface area contributed by atoms with Crippen LogP contribution in [0.3, 0.4) is 0 Å². The van der Waals surface area contributed by atoms with Gasteiger partial charge in [-0.05, 0) is 60.8 Å². The number of carbonyl (C=O) groups is 1. The molecule has 0 saturated carbocycles. The number of nitrogens with zero attached hydrogens (tertiary/aromatic N) is 3. The molecule has 176 valence electrons. The third kappa shape index (κ3) is 12.0. The predicted molar refractivity (Wildman–Crippen MR) is 137 cm³/mol. The predicted octanol–water partition coefficient (Wildman–Crippen LogP) is 3.85. The fourth-order valence-electron chi connectivity index (χ4n) is 3.20. The van der Waals surface area contributed by atoms with Crippen molar-refractivity contribution in [1.82, 2.24) is 20.4 Å². The van der Waals surface area contributed by atoms with Crippen LogP contribution in [0, 0.1) is 0 Å². The van der Waals surface area contributed by atoms with Crippen molar-refractivity contribution in [1.29, 1.82) is 0 Å². The van der Waals surface area contributed by atoms with Gasteiger partial charge in [-0.3, -0.25) is 9.89 Å². The molecule has 0 bridgehead atoms. The summed E-state index contributed by atoms with van der Waals surface area (Å²) in [5.41, 5.74) is 0.738. The van der Waals surface area contributed by atoms with Crippen molar-refractivity contribution in [3.63, 3.8) is 0 Å². The van der Waals surface area contributed by atoms with Gasteiger partial charge in [0.05, 0.1) is 0 Å². The lowest BCUT2D eigenvalue weighted by Gasteiger charge is -2.33. The number of halogens is 1. The number of piperidine rings is 1. The summed E-state index contributed by atoms with van der Waals surface area (Å²) in [5, 5.41) is 6.91. The molecule has 8 heteroatoms. The van der Waals surface area contributed by atoms with E-state index in [0.717, 1.165) is 51.4 Å². The number of ether oxygens (including phenoxy) is 1. The maximum atomic E-state index is 12.2. The zero-order valence-electron chi connectivity index (χ0n) is 20.1. The molecule has 0 aliphatic carbocycles. The summed E-state index contributed by atoms with van der Waals surface area (Å²) < 4.78 is 5.44. The van der Waals surface area contributed by atoms with Crippen molar-refractivity contribution in [2.24, 2.45) is 4.99 Å². The molecule has 0 aromatic heterocycles. The topological polar surface area (TPSA) is 69.2 Å². The summed E-state index contributed by atoms with van der Waals surface area (Å²) in [4.78, 5) is 21.0. The maximum absolute atomic E-state index is 12.2. The van der Waals surface area contributed by atoms with Crippen molar-refractivity contribution in [3.8, 4) is 0 Å². The van der Waals surface area contributed by atoms with E-state index in [4.69, 9.17) is 9.73 Å². The molecule has 2 N–H and O–H groups in total. The van der Waals surface area contributed by atoms with Crippen LogP contribution in [-0.2, 0) is 4.74 Å². The number of carbonyl (C=O) groups excluding carboxylic acids is 1. The second-order valence-electron chi connectivity index (χ2n) is 9.14. The summed E-state index contributed by atoms with van der Waals surface area (Å²) in [7, 11) is 1.78. The lowest BCUT2D eigenvalue weighted by atomic mass is 10.0. The van der Waals surface area contributed by atoms with Crippen molar-refractivity contribution in [2.75, 3.05) is 39.8 Å². The summed E-state index contributed by atoms with van der Waals surface area (Å²) in [6.07, 6.45) is 2.70. The number of aliphatic imine (C=N–C) groups is 1. The van der Waals surface area contributed by atoms with E-state index in [1.165, 1.54) is 5.57 Å². The van der Waals surface area contributed by atoms with Crippen LogP contribution in [0.2, 0.25) is 0 Å². The van der Waals surface area contributed by atoms with Gasteiger partial charge >= 0.3 is 6.09 Å². The third-order valence-corrected chi connectivity index (χ3v) is 4.93. The van der Waals surface area contributed by atoms with Crippen LogP contribution in [0.4, 0.5) is 4.79 Å². The molecule has 1 aliphatic rings. The summed E-state index contributed by atoms with van der Waals surface area (Å²) >= 11 is 0. The first-order valence-corrected chi connectivity index (χ1v) is 10.9. The van der Waals surface area contributed by atoms with Crippen LogP contribution in [-0.4, -0.2) is 79.3 Å². The number of guanidine groups is 1. The highest BCUT2D eigenvalue weighted by molar-refractivity contribution is 14.0. The second kappa shape index (κ2) is 14.1. The monoisotopic (exact) mass is 537 g/mol. The van der Waals surface area contributed by atoms with Crippen molar-refractivity contribution in [2.45, 2.75) is 78.5 Å². The zero-order valence-corrected chi connectivity index (χ0v) is 22.4. The SMILES string of the molecule is C=C(C)CN1CCC(NC(=NCCC(C)N(C)C(=O)OC(C)(C)C)NCC)CC1.I. The highest BCUT2D eigenvalue weighted by Gasteiger charge is 2.23. The van der Waals surface area contributed by atoms with E-state index in [-0.39, 0.29) is 36.1 Å². The first-order valence-electron chi connectivity index (χ1n) is 10.9. The molecule has 1 unspecified atom stereocenters. The molecule has 0 aromatic carbocycles. The van der Waals surface area contributed by atoms with Gasteiger partial charge in [0.1, 0.15) is 5.60 Å². The smallest absolute Gasteiger partial charge is 0.410 e. The molecular weight excluding hydrogens is 493 g/mol. The molecule has 1 rings (SSSR count). The van der Waals surface area contributed by atoms with Gasteiger partial charge in [0.15, 0.2) is 5.96 Å². The Labute approximate surface area is 201 Å². The van der Waals surface area contributed by atoms with Gasteiger partial charge < -0.3 is 20.3 Å². The number of likely N-dealkylation sites (tertiary alicyclic amines) is 1. The Kier molecular flexibility index (Phi) is 13.6. The first kappa shape index (κ1) is 29.0. The van der Waals surface area contributed by atoms with Crippen LogP contribution in [0.25, 0.3) is 0 Å². The van der Waals surface area contributed by atoms with Crippen molar-refractivity contribution < 1.29 is 9.53 Å². The van der Waals surface area contributed by atoms with Crippen molar-refractivity contribution >= 4 is 36.0 Å². The van der Waals surface area contributed by atoms with Gasteiger partial charge in [0, 0.05) is 51.9 Å². The molecule has 1 amide bonds. The normalized spacial score (nSPS) is 17.0. The lowest BCUT2D eigenvalue weighted by Crippen LogP contribution is -2.49. The maximum Gasteiger partial charge on any atom is 0.410 e. The minimum absolute atomic E-state index is 0. The molecule has 1 aliphatic heterocycles. The van der Waals surface area contributed by atoms with E-state index in [9.17, 15) is 4.79 Å². The Balaban J connectivity index is 0.00000841. The minimum Gasteiger partial charge on any atom is -0.444 e. The van der Waals surface area contributed by atoms with Crippen molar-refractivity contribution in [3.05, 3.63) is 12.2 Å². The van der Waals surface area contributed by atoms with Gasteiger partial charge in [-0.15, -0.1) is 24.0 Å². The molecule has 1 atom stereocenters. The molecular formula is C22H44IN5O2. The molecule has 1 saturated heterocycles. The van der Waals surface area contributed by atoms with Gasteiger partial charge in [0.2, 0.25) is 0 Å². The summed E-state index contributed by atoms with van der Waals surface area (Å²) in [5.74, 6) is 0.859. The quantitative estimate of drug-likeness (QED) is 0.213. The fourth-order valence-corrected chi connectivity index (χ4v) is 3.20. The van der Waals surface area contributed by atoms with E-state index in [2.05, 4.69) is 36.0 Å². The summed E-state index contributed by atoms with van der Waals surface area (Å²) in [6, 6.07) is 0.498. The number of rotatable bonds is 8. The van der Waals surface area contributed by atoms with Crippen LogP contribution in [0.5, 0.6) is 0 Å². The highest BCUT2D eigenvalue weighted by Crippen LogP contribution is 2.13. The molecule has 0 spiro atoms. The second-order valence-corrected chi connectivity index (χ2v) is 9.14. The van der Waals surface area contributed by atoms with Gasteiger partial charge in [0.25, 0.3) is 0 Å². The lowest BCUT2D eigenvalue weighted by molar-refractivity contribution is 0.0231. The van der Waals surface area contributed by atoms with Gasteiger partial charge in [-0.2, -0.15) is 0 Å². The molecule has 30 heavy (non-hydrogen) atoms. The average molecular weight is 538 g/mol. The molecule has 0 aromatic rings. The van der Waals surface area contributed by atoms with E-state index in [0.29, 0.717) is 12.6 Å². The minimum atomic E-state index is -0.481. The number of hydrogen-bond donors (Lipinski definition) is 2. The molecule has 7 nitrogen and oxygen atoms in total. The van der Waals surface area contributed by atoms with Crippen LogP contribution >= 0.6 is 24.0 Å². The largest absolute Gasteiger partial charge is 0.444 e. The first-order chi connectivity index (χ1) is 13.5. The van der Waals surface area contributed by atoms with E-state index < -0.39 is 5.60 Å². The molecule has 0 radical (unpaired) electrons. The number of amides is 1. The fraction of sp³-hybridized carbons (Fsp3) is 0.818. The zero-order chi connectivity index (χ0) is 22.0. The summed E-state index contributed by atoms with van der Waals surface area (Å²) in [6.45, 7) is 20.5. The Morgan fingerprint density at radius 3 is 2.43 bits per heavy atom. The number of nitrogens with one attached hydrogen (secondary N) is 2. The van der Waals surface area contributed by atoms with E-state index in [1.807, 2.05) is 27.7 Å². The average Bonchev–Trinajstić information content (AvgIpc) is 2.60. The molecule has 1 fully saturated rings. The highest BCUT2D eigenvalue weighted by atomic mass is 127. The molecule has 1 heterocycles. The van der Waals surface area contributed by atoms with Gasteiger partial charge in [-0.25, -0.2) is 4.79 Å². The third-order valence-electron chi connectivity index (χ3n) is 4.93. The Morgan fingerprint density at radius 2 is 1.93 bits per heavy atom.